The van der Waals surface area contributed by atoms with Crippen molar-refractivity contribution in [2.75, 3.05) is 13.1 Å². The van der Waals surface area contributed by atoms with Crippen LogP contribution >= 0.6 is 11.6 Å². The van der Waals surface area contributed by atoms with Crippen molar-refractivity contribution in [2.24, 2.45) is 0 Å². The minimum atomic E-state index is -3.85. The van der Waals surface area contributed by atoms with Crippen molar-refractivity contribution in [3.63, 3.8) is 0 Å². The minimum absolute atomic E-state index is 0.00341. The standard InChI is InChI=1S/C21H24ClNO5S/c1-5-23(6-2)29(26,27)19-13-17(11-12-18(19)22)21(25)28-15(4)20(24)16-9-7-14(3)8-10-16/h7-13,15H,5-6H2,1-4H3/t15-/m1/s1. The van der Waals surface area contributed by atoms with E-state index >= 15 is 0 Å². The summed E-state index contributed by atoms with van der Waals surface area (Å²) >= 11 is 6.08. The summed E-state index contributed by atoms with van der Waals surface area (Å²) in [5.41, 5.74) is 1.44. The van der Waals surface area contributed by atoms with E-state index in [0.717, 1.165) is 5.56 Å². The number of esters is 1. The molecule has 156 valence electrons. The summed E-state index contributed by atoms with van der Waals surface area (Å²) in [6.07, 6.45) is -1.02. The van der Waals surface area contributed by atoms with Crippen LogP contribution in [0, 0.1) is 6.92 Å². The van der Waals surface area contributed by atoms with Crippen LogP contribution in [0.1, 0.15) is 47.1 Å². The fourth-order valence-corrected chi connectivity index (χ4v) is 4.72. The first-order chi connectivity index (χ1) is 13.6. The molecule has 0 aliphatic heterocycles. The van der Waals surface area contributed by atoms with Crippen molar-refractivity contribution in [3.8, 4) is 0 Å². The molecule has 0 N–H and O–H groups in total. The Kier molecular flexibility index (Phi) is 7.57. The Balaban J connectivity index is 2.25. The van der Waals surface area contributed by atoms with Gasteiger partial charge in [0.15, 0.2) is 6.10 Å². The maximum atomic E-state index is 12.8. The Morgan fingerprint density at radius 3 is 2.14 bits per heavy atom. The molecule has 29 heavy (non-hydrogen) atoms. The summed E-state index contributed by atoms with van der Waals surface area (Å²) in [6, 6.07) is 10.8. The first-order valence-corrected chi connectivity index (χ1v) is 11.0. The fraction of sp³-hybridized carbons (Fsp3) is 0.333. The molecule has 2 rings (SSSR count). The average Bonchev–Trinajstić information content (AvgIpc) is 2.68. The van der Waals surface area contributed by atoms with Gasteiger partial charge in [-0.05, 0) is 32.0 Å². The molecule has 2 aromatic rings. The lowest BCUT2D eigenvalue weighted by molar-refractivity contribution is 0.0318. The number of halogens is 1. The smallest absolute Gasteiger partial charge is 0.338 e. The fourth-order valence-electron chi connectivity index (χ4n) is 2.77. The van der Waals surface area contributed by atoms with Crippen molar-refractivity contribution >= 4 is 33.4 Å². The van der Waals surface area contributed by atoms with E-state index in [1.807, 2.05) is 6.92 Å². The highest BCUT2D eigenvalue weighted by Crippen LogP contribution is 2.26. The van der Waals surface area contributed by atoms with Crippen LogP contribution in [-0.4, -0.2) is 43.7 Å². The molecule has 0 aromatic heterocycles. The Labute approximate surface area is 176 Å². The topological polar surface area (TPSA) is 80.8 Å². The lowest BCUT2D eigenvalue weighted by Gasteiger charge is -2.19. The predicted molar refractivity (Wildman–Crippen MR) is 112 cm³/mol. The maximum Gasteiger partial charge on any atom is 0.338 e. The molecule has 0 amide bonds. The summed E-state index contributed by atoms with van der Waals surface area (Å²) in [7, 11) is -3.85. The van der Waals surface area contributed by atoms with Gasteiger partial charge in [0, 0.05) is 18.7 Å². The maximum absolute atomic E-state index is 12.8. The van der Waals surface area contributed by atoms with Crippen LogP contribution in [0.2, 0.25) is 5.02 Å². The summed E-state index contributed by atoms with van der Waals surface area (Å²) in [5.74, 6) is -1.14. The van der Waals surface area contributed by atoms with Gasteiger partial charge in [-0.3, -0.25) is 4.79 Å². The van der Waals surface area contributed by atoms with Gasteiger partial charge in [-0.25, -0.2) is 13.2 Å². The molecule has 0 aliphatic carbocycles. The number of ketones is 1. The Morgan fingerprint density at radius 1 is 1.03 bits per heavy atom. The molecular weight excluding hydrogens is 414 g/mol. The zero-order valence-electron chi connectivity index (χ0n) is 16.8. The van der Waals surface area contributed by atoms with Gasteiger partial charge >= 0.3 is 5.97 Å². The second-order valence-electron chi connectivity index (χ2n) is 6.51. The molecule has 0 saturated heterocycles. The Morgan fingerprint density at radius 2 is 1.59 bits per heavy atom. The lowest BCUT2D eigenvalue weighted by atomic mass is 10.1. The first-order valence-electron chi connectivity index (χ1n) is 9.23. The van der Waals surface area contributed by atoms with Crippen LogP contribution in [0.4, 0.5) is 0 Å². The van der Waals surface area contributed by atoms with Crippen molar-refractivity contribution in [3.05, 3.63) is 64.2 Å². The number of rotatable bonds is 8. The predicted octanol–water partition coefficient (Wildman–Crippen LogP) is 4.11. The van der Waals surface area contributed by atoms with Crippen molar-refractivity contribution in [2.45, 2.75) is 38.7 Å². The highest BCUT2D eigenvalue weighted by atomic mass is 35.5. The van der Waals surface area contributed by atoms with Crippen LogP contribution in [-0.2, 0) is 14.8 Å². The zero-order valence-corrected chi connectivity index (χ0v) is 18.4. The molecule has 0 spiro atoms. The van der Waals surface area contributed by atoms with Gasteiger partial charge in [-0.2, -0.15) is 4.31 Å². The SMILES string of the molecule is CCN(CC)S(=O)(=O)c1cc(C(=O)O[C@H](C)C(=O)c2ccc(C)cc2)ccc1Cl. The van der Waals surface area contributed by atoms with Gasteiger partial charge in [0.05, 0.1) is 10.6 Å². The van der Waals surface area contributed by atoms with Crippen molar-refractivity contribution in [1.29, 1.82) is 0 Å². The van der Waals surface area contributed by atoms with Gasteiger partial charge in [0.25, 0.3) is 0 Å². The molecule has 6 nitrogen and oxygen atoms in total. The number of nitrogens with zero attached hydrogens (tertiary/aromatic N) is 1. The number of benzene rings is 2. The summed E-state index contributed by atoms with van der Waals surface area (Å²) in [5, 5.41) is 0.0113. The molecule has 0 fully saturated rings. The molecule has 0 radical (unpaired) electrons. The summed E-state index contributed by atoms with van der Waals surface area (Å²) in [4.78, 5) is 24.8. The number of sulfonamides is 1. The summed E-state index contributed by atoms with van der Waals surface area (Å²) in [6.45, 7) is 7.35. The van der Waals surface area contributed by atoms with Gasteiger partial charge in [-0.1, -0.05) is 55.3 Å². The number of Topliss-reactive ketones (excluding diaryl/α,β-unsaturated/α-hetero) is 1. The molecular formula is C21H24ClNO5S. The monoisotopic (exact) mass is 437 g/mol. The van der Waals surface area contributed by atoms with E-state index in [-0.39, 0.29) is 34.4 Å². The number of carbonyl (C=O) groups is 2. The van der Waals surface area contributed by atoms with Gasteiger partial charge in [0.2, 0.25) is 15.8 Å². The van der Waals surface area contributed by atoms with E-state index in [0.29, 0.717) is 5.56 Å². The average molecular weight is 438 g/mol. The lowest BCUT2D eigenvalue weighted by Crippen LogP contribution is -2.31. The van der Waals surface area contributed by atoms with Crippen molar-refractivity contribution < 1.29 is 22.7 Å². The van der Waals surface area contributed by atoms with E-state index in [1.165, 1.54) is 29.4 Å². The number of carbonyl (C=O) groups excluding carboxylic acids is 2. The van der Waals surface area contributed by atoms with Crippen LogP contribution in [0.15, 0.2) is 47.4 Å². The van der Waals surface area contributed by atoms with Crippen LogP contribution in [0.3, 0.4) is 0 Å². The van der Waals surface area contributed by atoms with Crippen molar-refractivity contribution in [1.82, 2.24) is 4.31 Å². The van der Waals surface area contributed by atoms with Crippen LogP contribution < -0.4 is 0 Å². The third-order valence-corrected chi connectivity index (χ3v) is 7.01. The van der Waals surface area contributed by atoms with Crippen LogP contribution in [0.25, 0.3) is 0 Å². The van der Waals surface area contributed by atoms with Gasteiger partial charge < -0.3 is 4.74 Å². The molecule has 0 aliphatic rings. The van der Waals surface area contributed by atoms with E-state index in [4.69, 9.17) is 16.3 Å². The minimum Gasteiger partial charge on any atom is -0.451 e. The van der Waals surface area contributed by atoms with Gasteiger partial charge in [-0.15, -0.1) is 0 Å². The Bertz CT molecular complexity index is 998. The molecule has 0 unspecified atom stereocenters. The van der Waals surface area contributed by atoms with E-state index in [9.17, 15) is 18.0 Å². The third kappa shape index (κ3) is 5.23. The highest BCUT2D eigenvalue weighted by molar-refractivity contribution is 7.89. The van der Waals surface area contributed by atoms with E-state index < -0.39 is 22.1 Å². The number of aryl methyl sites for hydroxylation is 1. The first kappa shape index (κ1) is 23.1. The Hall–Kier alpha value is -2.22. The number of hydrogen-bond acceptors (Lipinski definition) is 5. The second-order valence-corrected chi connectivity index (χ2v) is 8.83. The number of ether oxygens (including phenoxy) is 1. The largest absolute Gasteiger partial charge is 0.451 e. The third-order valence-electron chi connectivity index (χ3n) is 4.48. The molecule has 1 atom stereocenters. The number of hydrogen-bond donors (Lipinski definition) is 0. The molecule has 0 saturated carbocycles. The zero-order chi connectivity index (χ0) is 21.8. The molecule has 8 heteroatoms. The normalized spacial score (nSPS) is 12.6. The second kappa shape index (κ2) is 9.52. The molecule has 2 aromatic carbocycles. The van der Waals surface area contributed by atoms with E-state index in [2.05, 4.69) is 0 Å². The van der Waals surface area contributed by atoms with Crippen LogP contribution in [0.5, 0.6) is 0 Å². The highest BCUT2D eigenvalue weighted by Gasteiger charge is 2.27. The quantitative estimate of drug-likeness (QED) is 0.458. The van der Waals surface area contributed by atoms with E-state index in [1.54, 1.807) is 38.1 Å². The van der Waals surface area contributed by atoms with Gasteiger partial charge in [0.1, 0.15) is 4.90 Å². The summed E-state index contributed by atoms with van der Waals surface area (Å²) < 4.78 is 32.0. The molecule has 0 bridgehead atoms. The molecule has 0 heterocycles.